The molecule has 3 aromatic rings. The minimum atomic E-state index is -0.313. The molecule has 0 saturated carbocycles. The number of benzene rings is 1. The van der Waals surface area contributed by atoms with E-state index in [1.807, 2.05) is 37.3 Å². The summed E-state index contributed by atoms with van der Waals surface area (Å²) in [4.78, 5) is 11.9. The summed E-state index contributed by atoms with van der Waals surface area (Å²) >= 11 is 0. The number of methoxy groups -OCH3 is 1. The van der Waals surface area contributed by atoms with Crippen molar-refractivity contribution < 1.29 is 18.8 Å². The molecule has 0 aliphatic heterocycles. The van der Waals surface area contributed by atoms with Gasteiger partial charge in [0.25, 0.3) is 5.91 Å². The third kappa shape index (κ3) is 4.68. The Morgan fingerprint density at radius 1 is 1.15 bits per heavy atom. The fourth-order valence-corrected chi connectivity index (χ4v) is 2.41. The molecular formula is C19H20N4O4. The van der Waals surface area contributed by atoms with Gasteiger partial charge in [-0.1, -0.05) is 35.5 Å². The van der Waals surface area contributed by atoms with E-state index in [4.69, 9.17) is 14.0 Å². The molecule has 1 amide bonds. The summed E-state index contributed by atoms with van der Waals surface area (Å²) < 4.78 is 15.9. The van der Waals surface area contributed by atoms with E-state index in [1.54, 1.807) is 19.2 Å². The van der Waals surface area contributed by atoms with Gasteiger partial charge in [0.15, 0.2) is 5.69 Å². The Bertz CT molecular complexity index is 878. The number of nitrogens with one attached hydrogen (secondary N) is 1. The number of amides is 1. The third-order valence-electron chi connectivity index (χ3n) is 3.86. The molecule has 140 valence electrons. The predicted octanol–water partition coefficient (Wildman–Crippen LogP) is 2.40. The van der Waals surface area contributed by atoms with Gasteiger partial charge in [-0.2, -0.15) is 0 Å². The maximum absolute atomic E-state index is 11.9. The van der Waals surface area contributed by atoms with Crippen LogP contribution in [0.1, 0.15) is 21.8 Å². The van der Waals surface area contributed by atoms with Crippen LogP contribution in [0, 0.1) is 6.92 Å². The van der Waals surface area contributed by atoms with E-state index in [1.165, 1.54) is 0 Å². The molecule has 1 aromatic carbocycles. The zero-order valence-corrected chi connectivity index (χ0v) is 15.1. The summed E-state index contributed by atoms with van der Waals surface area (Å²) in [6.07, 6.45) is 0. The van der Waals surface area contributed by atoms with Crippen LogP contribution < -0.4 is 10.1 Å². The fraction of sp³-hybridized carbons (Fsp3) is 0.263. The van der Waals surface area contributed by atoms with Gasteiger partial charge in [-0.15, -0.1) is 10.2 Å². The summed E-state index contributed by atoms with van der Waals surface area (Å²) in [6.45, 7) is 2.90. The van der Waals surface area contributed by atoms with Crippen LogP contribution in [0.4, 0.5) is 0 Å². The molecule has 0 radical (unpaired) electrons. The van der Waals surface area contributed by atoms with Gasteiger partial charge in [0.1, 0.15) is 18.1 Å². The second kappa shape index (κ2) is 8.91. The molecule has 0 aliphatic rings. The molecule has 0 spiro atoms. The van der Waals surface area contributed by atoms with E-state index in [-0.39, 0.29) is 18.2 Å². The number of rotatable bonds is 8. The molecule has 2 aromatic heterocycles. The molecule has 0 unspecified atom stereocenters. The summed E-state index contributed by atoms with van der Waals surface area (Å²) in [7, 11) is 1.57. The summed E-state index contributed by atoms with van der Waals surface area (Å²) in [6, 6.07) is 12.9. The number of carbonyl (C=O) groups excluding carboxylic acids is 1. The number of carbonyl (C=O) groups is 1. The van der Waals surface area contributed by atoms with Gasteiger partial charge in [-0.05, 0) is 13.0 Å². The summed E-state index contributed by atoms with van der Waals surface area (Å²) in [5.74, 6) is 0.673. The first-order chi connectivity index (χ1) is 13.2. The van der Waals surface area contributed by atoms with Gasteiger partial charge < -0.3 is 19.3 Å². The van der Waals surface area contributed by atoms with Crippen LogP contribution in [-0.4, -0.2) is 41.5 Å². The first-order valence-corrected chi connectivity index (χ1v) is 8.43. The van der Waals surface area contributed by atoms with Crippen molar-refractivity contribution in [2.24, 2.45) is 0 Å². The van der Waals surface area contributed by atoms with Gasteiger partial charge >= 0.3 is 0 Å². The summed E-state index contributed by atoms with van der Waals surface area (Å²) in [5, 5.41) is 14.6. The van der Waals surface area contributed by atoms with Crippen molar-refractivity contribution in [3.8, 4) is 17.1 Å². The Morgan fingerprint density at radius 3 is 2.67 bits per heavy atom. The monoisotopic (exact) mass is 368 g/mol. The van der Waals surface area contributed by atoms with Gasteiger partial charge in [-0.3, -0.25) is 4.79 Å². The van der Waals surface area contributed by atoms with Crippen LogP contribution in [0.3, 0.4) is 0 Å². The molecule has 3 rings (SSSR count). The van der Waals surface area contributed by atoms with Crippen molar-refractivity contribution in [1.29, 1.82) is 0 Å². The highest BCUT2D eigenvalue weighted by molar-refractivity contribution is 5.92. The quantitative estimate of drug-likeness (QED) is 0.609. The molecular weight excluding hydrogens is 348 g/mol. The van der Waals surface area contributed by atoms with Crippen molar-refractivity contribution in [2.45, 2.75) is 13.5 Å². The van der Waals surface area contributed by atoms with Gasteiger partial charge in [0, 0.05) is 25.3 Å². The zero-order valence-electron chi connectivity index (χ0n) is 15.1. The third-order valence-corrected chi connectivity index (χ3v) is 3.86. The molecule has 2 heterocycles. The molecule has 27 heavy (non-hydrogen) atoms. The van der Waals surface area contributed by atoms with E-state index in [0.717, 1.165) is 16.8 Å². The van der Waals surface area contributed by atoms with Crippen molar-refractivity contribution in [1.82, 2.24) is 20.7 Å². The highest BCUT2D eigenvalue weighted by atomic mass is 16.5. The first-order valence-electron chi connectivity index (χ1n) is 8.43. The maximum Gasteiger partial charge on any atom is 0.271 e. The van der Waals surface area contributed by atoms with Crippen LogP contribution in [-0.2, 0) is 11.3 Å². The van der Waals surface area contributed by atoms with E-state index >= 15 is 0 Å². The number of nitrogens with zero attached hydrogens (tertiary/aromatic N) is 3. The molecule has 8 heteroatoms. The second-order valence-corrected chi connectivity index (χ2v) is 5.73. The molecule has 0 aliphatic carbocycles. The lowest BCUT2D eigenvalue weighted by atomic mass is 10.1. The first kappa shape index (κ1) is 18.5. The van der Waals surface area contributed by atoms with E-state index < -0.39 is 0 Å². The van der Waals surface area contributed by atoms with Crippen LogP contribution >= 0.6 is 0 Å². The van der Waals surface area contributed by atoms with Crippen LogP contribution in [0.5, 0.6) is 5.88 Å². The molecule has 0 bridgehead atoms. The second-order valence-electron chi connectivity index (χ2n) is 5.73. The van der Waals surface area contributed by atoms with Crippen molar-refractivity contribution in [3.63, 3.8) is 0 Å². The van der Waals surface area contributed by atoms with E-state index in [9.17, 15) is 4.79 Å². The molecule has 0 fully saturated rings. The normalized spacial score (nSPS) is 10.6. The van der Waals surface area contributed by atoms with Gasteiger partial charge in [0.2, 0.25) is 5.88 Å². The number of ether oxygens (including phenoxy) is 2. The lowest BCUT2D eigenvalue weighted by Gasteiger charge is -2.07. The highest BCUT2D eigenvalue weighted by Gasteiger charge is 2.16. The maximum atomic E-state index is 11.9. The number of hydrogen-bond donors (Lipinski definition) is 1. The Hall–Kier alpha value is -3.26. The number of aromatic nitrogens is 3. The van der Waals surface area contributed by atoms with Crippen molar-refractivity contribution >= 4 is 5.91 Å². The topological polar surface area (TPSA) is 99.4 Å². The smallest absolute Gasteiger partial charge is 0.271 e. The van der Waals surface area contributed by atoms with E-state index in [2.05, 4.69) is 20.7 Å². The average molecular weight is 368 g/mol. The Balaban J connectivity index is 1.64. The highest BCUT2D eigenvalue weighted by Crippen LogP contribution is 2.26. The lowest BCUT2D eigenvalue weighted by molar-refractivity contribution is 0.0931. The predicted molar refractivity (Wildman–Crippen MR) is 97.2 cm³/mol. The minimum Gasteiger partial charge on any atom is -0.472 e. The SMILES string of the molecule is COCCNC(=O)c1ccc(OCc2c(-c3ccccc3)noc2C)nn1. The molecule has 1 N–H and O–H groups in total. The van der Waals surface area contributed by atoms with Crippen LogP contribution in [0.2, 0.25) is 0 Å². The Kier molecular flexibility index (Phi) is 6.11. The van der Waals surface area contributed by atoms with Crippen molar-refractivity contribution in [2.75, 3.05) is 20.3 Å². The van der Waals surface area contributed by atoms with Gasteiger partial charge in [0.05, 0.1) is 12.2 Å². The van der Waals surface area contributed by atoms with Crippen molar-refractivity contribution in [3.05, 3.63) is 59.5 Å². The fourth-order valence-electron chi connectivity index (χ4n) is 2.41. The van der Waals surface area contributed by atoms with Crippen LogP contribution in [0.25, 0.3) is 11.3 Å². The summed E-state index contributed by atoms with van der Waals surface area (Å²) in [5.41, 5.74) is 2.73. The Morgan fingerprint density at radius 2 is 1.96 bits per heavy atom. The number of hydrogen-bond acceptors (Lipinski definition) is 7. The molecule has 8 nitrogen and oxygen atoms in total. The lowest BCUT2D eigenvalue weighted by Crippen LogP contribution is -2.27. The minimum absolute atomic E-state index is 0.213. The van der Waals surface area contributed by atoms with E-state index in [0.29, 0.717) is 24.8 Å². The number of aryl methyl sites for hydroxylation is 1. The van der Waals surface area contributed by atoms with Crippen LogP contribution in [0.15, 0.2) is 47.0 Å². The largest absolute Gasteiger partial charge is 0.472 e. The Labute approximate surface area is 156 Å². The standard InChI is InChI=1S/C19H20N4O4/c1-13-15(18(23-27-13)14-6-4-3-5-7-14)12-26-17-9-8-16(21-22-17)19(24)20-10-11-25-2/h3-9H,10-12H2,1-2H3,(H,20,24). The average Bonchev–Trinajstić information content (AvgIpc) is 3.08. The van der Waals surface area contributed by atoms with Gasteiger partial charge in [-0.25, -0.2) is 0 Å². The zero-order chi connectivity index (χ0) is 19.1. The molecule has 0 atom stereocenters. The molecule has 0 saturated heterocycles.